The summed E-state index contributed by atoms with van der Waals surface area (Å²) >= 11 is 0.717. The number of hydrogen-bond acceptors (Lipinski definition) is 6. The van der Waals surface area contributed by atoms with Gasteiger partial charge in [-0.25, -0.2) is 4.98 Å². The fraction of sp³-hybridized carbons (Fsp3) is 0.467. The zero-order chi connectivity index (χ0) is 18.9. The number of amides is 1. The molecule has 0 atom stereocenters. The number of nitrogens with zero attached hydrogens (tertiary/aromatic N) is 3. The summed E-state index contributed by atoms with van der Waals surface area (Å²) in [6.07, 6.45) is -2.49. The van der Waals surface area contributed by atoms with E-state index in [4.69, 9.17) is 0 Å². The number of hydrogen-bond donors (Lipinski definition) is 1. The Morgan fingerprint density at radius 2 is 2.04 bits per heavy atom. The van der Waals surface area contributed by atoms with Crippen molar-refractivity contribution in [1.82, 2.24) is 15.2 Å². The van der Waals surface area contributed by atoms with Crippen LogP contribution in [-0.2, 0) is 6.18 Å². The highest BCUT2D eigenvalue weighted by Gasteiger charge is 2.34. The summed E-state index contributed by atoms with van der Waals surface area (Å²) < 4.78 is 38.7. The molecule has 1 fully saturated rings. The van der Waals surface area contributed by atoms with Gasteiger partial charge in [0.05, 0.1) is 16.0 Å². The molecule has 7 nitrogen and oxygen atoms in total. The molecule has 1 aliphatic rings. The van der Waals surface area contributed by atoms with Crippen molar-refractivity contribution in [3.63, 3.8) is 0 Å². The molecular weight excluding hydrogens is 373 g/mol. The number of thiazole rings is 1. The minimum Gasteiger partial charge on any atom is -0.349 e. The van der Waals surface area contributed by atoms with Gasteiger partial charge in [-0.15, -0.1) is 11.3 Å². The first kappa shape index (κ1) is 18.5. The number of likely N-dealkylation sites (tertiary alicyclic amines) is 1. The molecule has 0 bridgehead atoms. The fourth-order valence-corrected chi connectivity index (χ4v) is 3.77. The third-order valence-corrected chi connectivity index (χ3v) is 5.19. The molecule has 2 heterocycles. The van der Waals surface area contributed by atoms with E-state index in [0.29, 0.717) is 30.5 Å². The Morgan fingerprint density at radius 3 is 2.65 bits per heavy atom. The molecule has 1 aliphatic heterocycles. The largest absolute Gasteiger partial charge is 0.416 e. The summed E-state index contributed by atoms with van der Waals surface area (Å²) in [5.74, 6) is -0.548. The SMILES string of the molecule is O=C(NCCN1CCCC1)c1nc2cc(C(F)(F)F)cc([N+](=O)[O-])c2s1. The van der Waals surface area contributed by atoms with Crippen molar-refractivity contribution < 1.29 is 22.9 Å². The van der Waals surface area contributed by atoms with Crippen molar-refractivity contribution in [3.8, 4) is 0 Å². The third kappa shape index (κ3) is 3.93. The second kappa shape index (κ2) is 7.16. The van der Waals surface area contributed by atoms with Crippen LogP contribution < -0.4 is 5.32 Å². The van der Waals surface area contributed by atoms with Crippen LogP contribution >= 0.6 is 11.3 Å². The minimum absolute atomic E-state index is 0.0484. The number of halogens is 3. The first-order valence-corrected chi connectivity index (χ1v) is 8.74. The van der Waals surface area contributed by atoms with Gasteiger partial charge in [-0.2, -0.15) is 13.2 Å². The maximum atomic E-state index is 12.9. The van der Waals surface area contributed by atoms with Gasteiger partial charge in [0, 0.05) is 19.2 Å². The highest BCUT2D eigenvalue weighted by Crippen LogP contribution is 2.38. The van der Waals surface area contributed by atoms with E-state index in [9.17, 15) is 28.1 Å². The van der Waals surface area contributed by atoms with Crippen molar-refractivity contribution in [2.75, 3.05) is 26.2 Å². The van der Waals surface area contributed by atoms with Gasteiger partial charge < -0.3 is 10.2 Å². The Balaban J connectivity index is 1.81. The minimum atomic E-state index is -4.74. The van der Waals surface area contributed by atoms with E-state index in [1.54, 1.807) is 0 Å². The average molecular weight is 388 g/mol. The summed E-state index contributed by atoms with van der Waals surface area (Å²) in [6, 6.07) is 1.19. The van der Waals surface area contributed by atoms with Crippen LogP contribution in [0, 0.1) is 10.1 Å². The number of alkyl halides is 3. The van der Waals surface area contributed by atoms with E-state index in [2.05, 4.69) is 15.2 Å². The number of rotatable bonds is 5. The second-order valence-corrected chi connectivity index (χ2v) is 6.92. The van der Waals surface area contributed by atoms with Crippen molar-refractivity contribution in [2.45, 2.75) is 19.0 Å². The quantitative estimate of drug-likeness (QED) is 0.628. The Hall–Kier alpha value is -2.27. The highest BCUT2D eigenvalue weighted by atomic mass is 32.1. The van der Waals surface area contributed by atoms with Crippen LogP contribution in [0.3, 0.4) is 0 Å². The molecule has 1 N–H and O–H groups in total. The van der Waals surface area contributed by atoms with Gasteiger partial charge >= 0.3 is 6.18 Å². The molecule has 1 aromatic carbocycles. The van der Waals surface area contributed by atoms with Crippen molar-refractivity contribution >= 4 is 33.1 Å². The Morgan fingerprint density at radius 1 is 1.35 bits per heavy atom. The number of fused-ring (bicyclic) bond motifs is 1. The van der Waals surface area contributed by atoms with Gasteiger partial charge in [0.25, 0.3) is 11.6 Å². The molecule has 0 spiro atoms. The van der Waals surface area contributed by atoms with Crippen LogP contribution in [-0.4, -0.2) is 46.9 Å². The summed E-state index contributed by atoms with van der Waals surface area (Å²) in [4.78, 5) is 28.4. The fourth-order valence-electron chi connectivity index (χ4n) is 2.82. The number of carbonyl (C=O) groups is 1. The molecule has 0 saturated carbocycles. The molecule has 3 rings (SSSR count). The maximum absolute atomic E-state index is 12.9. The standard InChI is InChI=1S/C15H15F3N4O3S/c16-15(17,18)9-7-10-12(11(8-9)22(24)25)26-14(20-10)13(23)19-3-6-21-4-1-2-5-21/h7-8H,1-6H2,(H,19,23). The summed E-state index contributed by atoms with van der Waals surface area (Å²) in [5.41, 5.74) is -2.08. The maximum Gasteiger partial charge on any atom is 0.416 e. The van der Waals surface area contributed by atoms with Crippen molar-refractivity contribution in [3.05, 3.63) is 32.8 Å². The summed E-state index contributed by atoms with van der Waals surface area (Å²) in [7, 11) is 0. The predicted molar refractivity (Wildman–Crippen MR) is 89.3 cm³/mol. The molecule has 0 radical (unpaired) electrons. The van der Waals surface area contributed by atoms with Crippen molar-refractivity contribution in [1.29, 1.82) is 0 Å². The van der Waals surface area contributed by atoms with Crippen LogP contribution in [0.5, 0.6) is 0 Å². The second-order valence-electron chi connectivity index (χ2n) is 5.92. The number of nitro groups is 1. The van der Waals surface area contributed by atoms with Crippen LogP contribution in [0.25, 0.3) is 10.2 Å². The highest BCUT2D eigenvalue weighted by molar-refractivity contribution is 7.20. The topological polar surface area (TPSA) is 88.4 Å². The lowest BCUT2D eigenvalue weighted by Crippen LogP contribution is -2.33. The van der Waals surface area contributed by atoms with E-state index < -0.39 is 28.3 Å². The van der Waals surface area contributed by atoms with E-state index in [0.717, 1.165) is 32.0 Å². The molecule has 1 amide bonds. The average Bonchev–Trinajstić information content (AvgIpc) is 3.21. The molecule has 0 aliphatic carbocycles. The van der Waals surface area contributed by atoms with Gasteiger partial charge in [-0.1, -0.05) is 0 Å². The number of benzene rings is 1. The van der Waals surface area contributed by atoms with Gasteiger partial charge in [0.2, 0.25) is 0 Å². The number of nitrogens with one attached hydrogen (secondary N) is 1. The molecule has 11 heteroatoms. The molecule has 1 saturated heterocycles. The zero-order valence-electron chi connectivity index (χ0n) is 13.5. The summed E-state index contributed by atoms with van der Waals surface area (Å²) in [6.45, 7) is 3.01. The van der Waals surface area contributed by atoms with E-state index in [1.807, 2.05) is 0 Å². The lowest BCUT2D eigenvalue weighted by Gasteiger charge is -2.14. The number of carbonyl (C=O) groups excluding carboxylic acids is 1. The number of aromatic nitrogens is 1. The first-order chi connectivity index (χ1) is 12.3. The number of non-ortho nitro benzene ring substituents is 1. The molecule has 0 unspecified atom stereocenters. The Kier molecular flexibility index (Phi) is 5.10. The van der Waals surface area contributed by atoms with Crippen LogP contribution in [0.15, 0.2) is 12.1 Å². The van der Waals surface area contributed by atoms with Gasteiger partial charge in [-0.05, 0) is 32.0 Å². The summed E-state index contributed by atoms with van der Waals surface area (Å²) in [5, 5.41) is 13.7. The molecule has 1 aromatic heterocycles. The molecule has 140 valence electrons. The van der Waals surface area contributed by atoms with E-state index in [1.165, 1.54) is 0 Å². The first-order valence-electron chi connectivity index (χ1n) is 7.92. The van der Waals surface area contributed by atoms with Crippen LogP contribution in [0.2, 0.25) is 0 Å². The number of nitro benzene ring substituents is 1. The molecular formula is C15H15F3N4O3S. The van der Waals surface area contributed by atoms with E-state index >= 15 is 0 Å². The van der Waals surface area contributed by atoms with Gasteiger partial charge in [0.15, 0.2) is 5.01 Å². The normalized spacial score (nSPS) is 15.5. The van der Waals surface area contributed by atoms with Gasteiger partial charge in [0.1, 0.15) is 4.70 Å². The predicted octanol–water partition coefficient (Wildman–Crippen LogP) is 3.05. The third-order valence-electron chi connectivity index (χ3n) is 4.10. The zero-order valence-corrected chi connectivity index (χ0v) is 14.3. The van der Waals surface area contributed by atoms with Crippen molar-refractivity contribution in [2.24, 2.45) is 0 Å². The van der Waals surface area contributed by atoms with E-state index in [-0.39, 0.29) is 15.2 Å². The lowest BCUT2D eigenvalue weighted by atomic mass is 10.2. The lowest BCUT2D eigenvalue weighted by molar-refractivity contribution is -0.383. The molecule has 2 aromatic rings. The molecule has 26 heavy (non-hydrogen) atoms. The monoisotopic (exact) mass is 388 g/mol. The van der Waals surface area contributed by atoms with Crippen LogP contribution in [0.1, 0.15) is 28.2 Å². The smallest absolute Gasteiger partial charge is 0.349 e. The Bertz CT molecular complexity index is 847. The van der Waals surface area contributed by atoms with Gasteiger partial charge in [-0.3, -0.25) is 14.9 Å². The Labute approximate surface area is 150 Å². The van der Waals surface area contributed by atoms with Crippen LogP contribution in [0.4, 0.5) is 18.9 Å².